The molecule has 2 rings (SSSR count). The summed E-state index contributed by atoms with van der Waals surface area (Å²) in [6, 6.07) is 10.2. The molecule has 1 aromatic carbocycles. The lowest BCUT2D eigenvalue weighted by atomic mass is 10.0. The van der Waals surface area contributed by atoms with Crippen LogP contribution in [0.25, 0.3) is 0 Å². The highest BCUT2D eigenvalue weighted by Gasteiger charge is 2.31. The third-order valence-electron chi connectivity index (χ3n) is 3.55. The fourth-order valence-corrected chi connectivity index (χ4v) is 3.41. The predicted molar refractivity (Wildman–Crippen MR) is 72.8 cm³/mol. The molecule has 1 aromatic rings. The maximum atomic E-state index is 11.9. The van der Waals surface area contributed by atoms with Crippen LogP contribution >= 0.6 is 0 Å². The Hall–Kier alpha value is -0.910. The van der Waals surface area contributed by atoms with Crippen molar-refractivity contribution in [1.29, 1.82) is 0 Å². The van der Waals surface area contributed by atoms with Crippen LogP contribution in [0.2, 0.25) is 0 Å². The quantitative estimate of drug-likeness (QED) is 0.830. The zero-order chi connectivity index (χ0) is 13.2. The Morgan fingerprint density at radius 2 is 1.89 bits per heavy atom. The number of piperazine rings is 1. The van der Waals surface area contributed by atoms with Crippen molar-refractivity contribution in [2.45, 2.75) is 13.0 Å². The van der Waals surface area contributed by atoms with Crippen LogP contribution in [0.3, 0.4) is 0 Å². The van der Waals surface area contributed by atoms with Gasteiger partial charge in [0.15, 0.2) is 0 Å². The number of rotatable bonds is 3. The monoisotopic (exact) mass is 268 g/mol. The second-order valence-electron chi connectivity index (χ2n) is 4.67. The minimum atomic E-state index is -3.08. The number of likely N-dealkylation sites (N-methyl/N-ethyl adjacent to an activating group) is 1. The lowest BCUT2D eigenvalue weighted by Crippen LogP contribution is -2.49. The second-order valence-corrected chi connectivity index (χ2v) is 6.92. The van der Waals surface area contributed by atoms with Crippen molar-refractivity contribution in [3.8, 4) is 0 Å². The number of hydrogen-bond donors (Lipinski definition) is 0. The standard InChI is InChI=1S/C13H20N2O2S/c1-3-18(16,17)15-10-9-14(2)13(11-15)12-7-5-4-6-8-12/h4-8,13H,3,9-11H2,1-2H3/t13-/m1/s1. The average molecular weight is 268 g/mol. The van der Waals surface area contributed by atoms with Crippen LogP contribution in [-0.2, 0) is 10.0 Å². The topological polar surface area (TPSA) is 40.6 Å². The first kappa shape index (κ1) is 13.5. The number of hydrogen-bond acceptors (Lipinski definition) is 3. The minimum Gasteiger partial charge on any atom is -0.297 e. The van der Waals surface area contributed by atoms with Crippen LogP contribution in [0.15, 0.2) is 30.3 Å². The van der Waals surface area contributed by atoms with Gasteiger partial charge < -0.3 is 0 Å². The Balaban J connectivity index is 2.21. The highest BCUT2D eigenvalue weighted by Crippen LogP contribution is 2.25. The van der Waals surface area contributed by atoms with Gasteiger partial charge in [0.1, 0.15) is 0 Å². The molecule has 1 aliphatic heterocycles. The SMILES string of the molecule is CCS(=O)(=O)N1CCN(C)[C@@H](c2ccccc2)C1. The lowest BCUT2D eigenvalue weighted by Gasteiger charge is -2.38. The third-order valence-corrected chi connectivity index (χ3v) is 5.40. The van der Waals surface area contributed by atoms with E-state index in [4.69, 9.17) is 0 Å². The lowest BCUT2D eigenvalue weighted by molar-refractivity contribution is 0.148. The van der Waals surface area contributed by atoms with Crippen molar-refractivity contribution < 1.29 is 8.42 Å². The summed E-state index contributed by atoms with van der Waals surface area (Å²) in [5.41, 5.74) is 1.18. The molecule has 0 aromatic heterocycles. The molecular formula is C13H20N2O2S. The van der Waals surface area contributed by atoms with E-state index in [0.29, 0.717) is 13.1 Å². The summed E-state index contributed by atoms with van der Waals surface area (Å²) in [6.07, 6.45) is 0. The maximum absolute atomic E-state index is 11.9. The molecule has 0 spiro atoms. The van der Waals surface area contributed by atoms with E-state index >= 15 is 0 Å². The first-order chi connectivity index (χ1) is 8.54. The van der Waals surface area contributed by atoms with E-state index in [1.54, 1.807) is 11.2 Å². The zero-order valence-corrected chi connectivity index (χ0v) is 11.7. The molecule has 4 nitrogen and oxygen atoms in total. The van der Waals surface area contributed by atoms with Crippen LogP contribution in [0.5, 0.6) is 0 Å². The van der Waals surface area contributed by atoms with E-state index in [2.05, 4.69) is 17.0 Å². The summed E-state index contributed by atoms with van der Waals surface area (Å²) < 4.78 is 25.5. The molecule has 1 fully saturated rings. The van der Waals surface area contributed by atoms with Gasteiger partial charge in [0.25, 0.3) is 0 Å². The van der Waals surface area contributed by atoms with Crippen LogP contribution in [0.4, 0.5) is 0 Å². The summed E-state index contributed by atoms with van der Waals surface area (Å²) in [5.74, 6) is 0.179. The molecule has 0 unspecified atom stereocenters. The summed E-state index contributed by atoms with van der Waals surface area (Å²) in [7, 11) is -1.03. The smallest absolute Gasteiger partial charge is 0.213 e. The molecule has 1 atom stereocenters. The van der Waals surface area contributed by atoms with Crippen molar-refractivity contribution in [2.24, 2.45) is 0 Å². The van der Waals surface area contributed by atoms with Crippen molar-refractivity contribution in [3.63, 3.8) is 0 Å². The number of nitrogens with zero attached hydrogens (tertiary/aromatic N) is 2. The van der Waals surface area contributed by atoms with Gasteiger partial charge >= 0.3 is 0 Å². The third kappa shape index (κ3) is 2.74. The van der Waals surface area contributed by atoms with Crippen LogP contribution in [-0.4, -0.2) is 50.1 Å². The van der Waals surface area contributed by atoms with Gasteiger partial charge in [0.05, 0.1) is 5.75 Å². The van der Waals surface area contributed by atoms with E-state index < -0.39 is 10.0 Å². The highest BCUT2D eigenvalue weighted by atomic mass is 32.2. The zero-order valence-electron chi connectivity index (χ0n) is 10.9. The largest absolute Gasteiger partial charge is 0.297 e. The Labute approximate surface area is 109 Å². The Morgan fingerprint density at radius 3 is 2.50 bits per heavy atom. The van der Waals surface area contributed by atoms with Gasteiger partial charge in [-0.15, -0.1) is 0 Å². The van der Waals surface area contributed by atoms with Gasteiger partial charge in [-0.1, -0.05) is 30.3 Å². The van der Waals surface area contributed by atoms with Gasteiger partial charge in [-0.25, -0.2) is 8.42 Å². The van der Waals surface area contributed by atoms with E-state index in [9.17, 15) is 8.42 Å². The number of benzene rings is 1. The molecular weight excluding hydrogens is 248 g/mol. The Kier molecular flexibility index (Phi) is 4.04. The average Bonchev–Trinajstić information content (AvgIpc) is 2.40. The number of sulfonamides is 1. The summed E-state index contributed by atoms with van der Waals surface area (Å²) in [4.78, 5) is 2.22. The molecule has 0 saturated carbocycles. The molecule has 100 valence electrons. The molecule has 1 aliphatic rings. The van der Waals surface area contributed by atoms with Crippen molar-refractivity contribution in [3.05, 3.63) is 35.9 Å². The van der Waals surface area contributed by atoms with Crippen molar-refractivity contribution in [2.75, 3.05) is 32.4 Å². The summed E-state index contributed by atoms with van der Waals surface area (Å²) >= 11 is 0. The normalized spacial score (nSPS) is 23.1. The molecule has 18 heavy (non-hydrogen) atoms. The molecule has 5 heteroatoms. The Morgan fingerprint density at radius 1 is 1.22 bits per heavy atom. The Bertz CT molecular complexity index is 487. The predicted octanol–water partition coefficient (Wildman–Crippen LogP) is 1.32. The fraction of sp³-hybridized carbons (Fsp3) is 0.538. The molecule has 0 bridgehead atoms. The maximum Gasteiger partial charge on any atom is 0.213 e. The van der Waals surface area contributed by atoms with Gasteiger partial charge in [-0.2, -0.15) is 4.31 Å². The van der Waals surface area contributed by atoms with E-state index in [-0.39, 0.29) is 11.8 Å². The molecule has 0 aliphatic carbocycles. The molecule has 1 saturated heterocycles. The van der Waals surface area contributed by atoms with Crippen LogP contribution in [0, 0.1) is 0 Å². The van der Waals surface area contributed by atoms with E-state index in [1.807, 2.05) is 25.2 Å². The van der Waals surface area contributed by atoms with E-state index in [0.717, 1.165) is 6.54 Å². The first-order valence-corrected chi connectivity index (χ1v) is 7.88. The second kappa shape index (κ2) is 5.38. The molecule has 0 amide bonds. The van der Waals surface area contributed by atoms with Gasteiger partial charge in [0, 0.05) is 25.7 Å². The van der Waals surface area contributed by atoms with E-state index in [1.165, 1.54) is 5.56 Å². The van der Waals surface area contributed by atoms with Gasteiger partial charge in [0.2, 0.25) is 10.0 Å². The van der Waals surface area contributed by atoms with Crippen LogP contribution < -0.4 is 0 Å². The minimum absolute atomic E-state index is 0.154. The molecule has 0 N–H and O–H groups in total. The fourth-order valence-electron chi connectivity index (χ4n) is 2.32. The summed E-state index contributed by atoms with van der Waals surface area (Å²) in [6.45, 7) is 3.62. The first-order valence-electron chi connectivity index (χ1n) is 6.27. The van der Waals surface area contributed by atoms with Crippen molar-refractivity contribution in [1.82, 2.24) is 9.21 Å². The van der Waals surface area contributed by atoms with Crippen molar-refractivity contribution >= 4 is 10.0 Å². The summed E-state index contributed by atoms with van der Waals surface area (Å²) in [5, 5.41) is 0. The molecule has 0 radical (unpaired) electrons. The van der Waals surface area contributed by atoms with Gasteiger partial charge in [-0.3, -0.25) is 4.90 Å². The van der Waals surface area contributed by atoms with Crippen LogP contribution in [0.1, 0.15) is 18.5 Å². The molecule has 1 heterocycles. The van der Waals surface area contributed by atoms with Gasteiger partial charge in [-0.05, 0) is 19.5 Å². The highest BCUT2D eigenvalue weighted by molar-refractivity contribution is 7.89.